The predicted molar refractivity (Wildman–Crippen MR) is 161 cm³/mol. The Kier molecular flexibility index (Phi) is 8.48. The molecule has 12 nitrogen and oxygen atoms in total. The third kappa shape index (κ3) is 5.72. The molecule has 1 amide bonds. The second-order valence-corrected chi connectivity index (χ2v) is 11.9. The minimum atomic E-state index is -1.06. The Morgan fingerprint density at radius 3 is 2.82 bits per heavy atom. The zero-order valence-corrected chi connectivity index (χ0v) is 25.4. The highest BCUT2D eigenvalue weighted by atomic mass is 19.1. The van der Waals surface area contributed by atoms with Gasteiger partial charge in [0.25, 0.3) is 5.91 Å². The van der Waals surface area contributed by atoms with Crippen LogP contribution in [0.15, 0.2) is 30.7 Å². The molecule has 0 spiro atoms. The molecule has 0 aliphatic carbocycles. The number of anilines is 1. The first kappa shape index (κ1) is 29.9. The van der Waals surface area contributed by atoms with Crippen LogP contribution in [-0.2, 0) is 22.5 Å². The standard InChI is InChI=1S/C31H38FN9O3/c1-19-7-8-24-22(15-34-37-24)28(19)26-14-25-23(16-39(26)4)29(36-31(35-25)44-18-21-6-5-10-38(21)3)40-11-12-41(30(42)20(2)32)27(17-40)43-13-9-33/h7-8,15,21,26-27H,2,5-6,10-14,16-18H2,1,3-4H3,(H,34,37). The maximum absolute atomic E-state index is 13.9. The number of likely N-dealkylation sites (tertiary alicyclic amines) is 1. The van der Waals surface area contributed by atoms with Crippen molar-refractivity contribution in [2.24, 2.45) is 0 Å². The molecule has 44 heavy (non-hydrogen) atoms. The summed E-state index contributed by atoms with van der Waals surface area (Å²) in [6, 6.07) is 6.78. The van der Waals surface area contributed by atoms with E-state index in [0.29, 0.717) is 44.0 Å². The number of rotatable bonds is 8. The van der Waals surface area contributed by atoms with Gasteiger partial charge < -0.3 is 24.2 Å². The number of piperazine rings is 1. The van der Waals surface area contributed by atoms with Gasteiger partial charge in [-0.1, -0.05) is 12.6 Å². The summed E-state index contributed by atoms with van der Waals surface area (Å²) in [5.41, 5.74) is 5.26. The van der Waals surface area contributed by atoms with Gasteiger partial charge in [0, 0.05) is 49.1 Å². The number of ether oxygens (including phenoxy) is 2. The molecule has 232 valence electrons. The number of amides is 1. The number of carbonyl (C=O) groups excluding carboxylic acids is 1. The van der Waals surface area contributed by atoms with E-state index in [-0.39, 0.29) is 25.7 Å². The molecule has 3 aliphatic rings. The van der Waals surface area contributed by atoms with E-state index in [4.69, 9.17) is 24.7 Å². The van der Waals surface area contributed by atoms with Gasteiger partial charge in [-0.2, -0.15) is 20.3 Å². The number of hydrogen-bond donors (Lipinski definition) is 1. The number of hydrogen-bond acceptors (Lipinski definition) is 10. The number of benzene rings is 1. The fraction of sp³-hybridized carbons (Fsp3) is 0.516. The van der Waals surface area contributed by atoms with Crippen LogP contribution in [0.2, 0.25) is 0 Å². The molecule has 1 aromatic carbocycles. The summed E-state index contributed by atoms with van der Waals surface area (Å²) in [6.07, 6.45) is 3.86. The molecule has 2 fully saturated rings. The van der Waals surface area contributed by atoms with Crippen molar-refractivity contribution in [3.05, 3.63) is 53.1 Å². The van der Waals surface area contributed by atoms with Crippen molar-refractivity contribution in [2.45, 2.75) is 51.0 Å². The molecule has 3 aromatic rings. The van der Waals surface area contributed by atoms with E-state index in [9.17, 15) is 9.18 Å². The lowest BCUT2D eigenvalue weighted by Gasteiger charge is -2.42. The summed E-state index contributed by atoms with van der Waals surface area (Å²) in [4.78, 5) is 30.4. The maximum Gasteiger partial charge on any atom is 0.318 e. The number of carbonyl (C=O) groups is 1. The molecule has 3 aliphatic heterocycles. The predicted octanol–water partition coefficient (Wildman–Crippen LogP) is 2.86. The summed E-state index contributed by atoms with van der Waals surface area (Å²) in [7, 11) is 4.20. The number of H-pyrrole nitrogens is 1. The van der Waals surface area contributed by atoms with Crippen LogP contribution in [0.25, 0.3) is 10.9 Å². The summed E-state index contributed by atoms with van der Waals surface area (Å²) in [5.74, 6) is -1.20. The third-order valence-electron chi connectivity index (χ3n) is 9.14. The molecular formula is C31H38FN9O3. The Hall–Kier alpha value is -4.12. The molecule has 3 unspecified atom stereocenters. The average molecular weight is 604 g/mol. The van der Waals surface area contributed by atoms with Crippen LogP contribution in [0.1, 0.15) is 41.3 Å². The number of nitrogens with one attached hydrogen (secondary N) is 1. The van der Waals surface area contributed by atoms with Crippen LogP contribution >= 0.6 is 0 Å². The van der Waals surface area contributed by atoms with Gasteiger partial charge in [0.1, 0.15) is 19.0 Å². The summed E-state index contributed by atoms with van der Waals surface area (Å²) in [5, 5.41) is 17.6. The number of aromatic amines is 1. The quantitative estimate of drug-likeness (QED) is 0.384. The Bertz CT molecular complexity index is 1600. The van der Waals surface area contributed by atoms with Crippen molar-refractivity contribution in [2.75, 3.05) is 58.4 Å². The molecule has 13 heteroatoms. The van der Waals surface area contributed by atoms with Crippen molar-refractivity contribution in [1.82, 2.24) is 34.9 Å². The molecule has 5 heterocycles. The van der Waals surface area contributed by atoms with Crippen molar-refractivity contribution >= 4 is 22.6 Å². The lowest BCUT2D eigenvalue weighted by Crippen LogP contribution is -2.57. The maximum atomic E-state index is 13.9. The Balaban J connectivity index is 1.36. The topological polar surface area (TPSA) is 127 Å². The first-order chi connectivity index (χ1) is 21.2. The monoisotopic (exact) mass is 603 g/mol. The molecule has 6 rings (SSSR count). The highest BCUT2D eigenvalue weighted by Gasteiger charge is 2.37. The van der Waals surface area contributed by atoms with Crippen LogP contribution in [0.5, 0.6) is 6.01 Å². The number of halogens is 1. The minimum absolute atomic E-state index is 0.0529. The number of fused-ring (bicyclic) bond motifs is 2. The zero-order chi connectivity index (χ0) is 31.0. The third-order valence-corrected chi connectivity index (χ3v) is 9.14. The van der Waals surface area contributed by atoms with Crippen LogP contribution in [-0.4, -0.2) is 107 Å². The number of nitrogens with zero attached hydrogens (tertiary/aromatic N) is 8. The van der Waals surface area contributed by atoms with Gasteiger partial charge >= 0.3 is 6.01 Å². The summed E-state index contributed by atoms with van der Waals surface area (Å²) >= 11 is 0. The molecule has 1 N–H and O–H groups in total. The van der Waals surface area contributed by atoms with Crippen molar-refractivity contribution < 1.29 is 18.7 Å². The lowest BCUT2D eigenvalue weighted by molar-refractivity contribution is -0.143. The van der Waals surface area contributed by atoms with Gasteiger partial charge in [-0.15, -0.1) is 0 Å². The first-order valence-corrected chi connectivity index (χ1v) is 15.0. The largest absolute Gasteiger partial charge is 0.462 e. The zero-order valence-electron chi connectivity index (χ0n) is 25.4. The summed E-state index contributed by atoms with van der Waals surface area (Å²) < 4.78 is 25.8. The van der Waals surface area contributed by atoms with Gasteiger partial charge in [0.2, 0.25) is 0 Å². The van der Waals surface area contributed by atoms with Crippen LogP contribution < -0.4 is 9.64 Å². The van der Waals surface area contributed by atoms with E-state index in [2.05, 4.69) is 59.7 Å². The molecule has 0 radical (unpaired) electrons. The smallest absolute Gasteiger partial charge is 0.318 e. The lowest BCUT2D eigenvalue weighted by atomic mass is 9.89. The van der Waals surface area contributed by atoms with Crippen molar-refractivity contribution in [3.63, 3.8) is 0 Å². The first-order valence-electron chi connectivity index (χ1n) is 15.0. The van der Waals surface area contributed by atoms with E-state index in [1.54, 1.807) is 0 Å². The highest BCUT2D eigenvalue weighted by molar-refractivity contribution is 5.91. The molecule has 0 saturated carbocycles. The Morgan fingerprint density at radius 1 is 1.23 bits per heavy atom. The Labute approximate surface area is 256 Å². The summed E-state index contributed by atoms with van der Waals surface area (Å²) in [6.45, 7) is 7.93. The van der Waals surface area contributed by atoms with E-state index in [0.717, 1.165) is 41.5 Å². The minimum Gasteiger partial charge on any atom is -0.462 e. The van der Waals surface area contributed by atoms with Crippen molar-refractivity contribution in [1.29, 1.82) is 5.26 Å². The number of aromatic nitrogens is 4. The number of aryl methyl sites for hydroxylation is 1. The highest BCUT2D eigenvalue weighted by Crippen LogP contribution is 2.40. The van der Waals surface area contributed by atoms with Crippen molar-refractivity contribution in [3.8, 4) is 12.1 Å². The van der Waals surface area contributed by atoms with Gasteiger partial charge in [0.15, 0.2) is 12.1 Å². The SMILES string of the molecule is C=C(F)C(=O)N1CCN(c2nc(OCC3CCCN3C)nc3c2CN(C)C(c2c(C)ccc4[nH]ncc24)C3)CC1OCC#N. The number of likely N-dealkylation sites (N-methyl/N-ethyl adjacent to an activating group) is 2. The molecular weight excluding hydrogens is 565 g/mol. The fourth-order valence-electron chi connectivity index (χ4n) is 6.73. The Morgan fingerprint density at radius 2 is 2.07 bits per heavy atom. The van der Waals surface area contributed by atoms with Crippen LogP contribution in [0.3, 0.4) is 0 Å². The van der Waals surface area contributed by atoms with Gasteiger partial charge in [-0.05, 0) is 57.6 Å². The average Bonchev–Trinajstić information content (AvgIpc) is 3.66. The van der Waals surface area contributed by atoms with E-state index in [1.165, 1.54) is 16.0 Å². The molecule has 2 saturated heterocycles. The normalized spacial score (nSPS) is 22.7. The fourth-order valence-corrected chi connectivity index (χ4v) is 6.73. The molecule has 2 aromatic heterocycles. The molecule has 3 atom stereocenters. The van der Waals surface area contributed by atoms with E-state index in [1.807, 2.05) is 17.2 Å². The van der Waals surface area contributed by atoms with Crippen LogP contribution in [0.4, 0.5) is 10.2 Å². The van der Waals surface area contributed by atoms with Gasteiger partial charge in [0.05, 0.1) is 30.0 Å². The number of nitriles is 1. The van der Waals surface area contributed by atoms with E-state index < -0.39 is 18.0 Å². The van der Waals surface area contributed by atoms with Crippen LogP contribution in [0, 0.1) is 18.3 Å². The second-order valence-electron chi connectivity index (χ2n) is 11.9. The molecule has 0 bridgehead atoms. The van der Waals surface area contributed by atoms with Gasteiger partial charge in [-0.25, -0.2) is 4.39 Å². The van der Waals surface area contributed by atoms with E-state index >= 15 is 0 Å². The second kappa shape index (κ2) is 12.5. The van der Waals surface area contributed by atoms with Gasteiger partial charge in [-0.3, -0.25) is 14.8 Å².